The van der Waals surface area contributed by atoms with E-state index in [-0.39, 0.29) is 6.04 Å². The van der Waals surface area contributed by atoms with Crippen LogP contribution in [0, 0.1) is 0 Å². The maximum absolute atomic E-state index is 13.0. The van der Waals surface area contributed by atoms with Crippen LogP contribution in [-0.2, 0) is 0 Å². The van der Waals surface area contributed by atoms with Crippen LogP contribution in [0.15, 0.2) is 0 Å². The Morgan fingerprint density at radius 3 is 2.35 bits per heavy atom. The third kappa shape index (κ3) is 3.82. The summed E-state index contributed by atoms with van der Waals surface area (Å²) in [7, 11) is 1.94. The highest BCUT2D eigenvalue weighted by Gasteiger charge is 2.47. The summed E-state index contributed by atoms with van der Waals surface area (Å²) in [5.41, 5.74) is 5.53. The third-order valence-corrected chi connectivity index (χ3v) is 3.29. The molecule has 0 aromatic rings. The van der Waals surface area contributed by atoms with Crippen LogP contribution >= 0.6 is 0 Å². The number of nitrogens with two attached hydrogens (primary N) is 1. The predicted octanol–water partition coefficient (Wildman–Crippen LogP) is 1.29. The molecule has 1 heterocycles. The van der Waals surface area contributed by atoms with E-state index in [1.54, 1.807) is 0 Å². The van der Waals surface area contributed by atoms with Gasteiger partial charge in [0, 0.05) is 25.2 Å². The maximum atomic E-state index is 13.0. The van der Waals surface area contributed by atoms with Gasteiger partial charge in [-0.15, -0.1) is 0 Å². The zero-order valence-corrected chi connectivity index (χ0v) is 10.7. The summed E-state index contributed by atoms with van der Waals surface area (Å²) in [5, 5.41) is 0. The molecule has 0 radical (unpaired) electrons. The number of nitrogens with zero attached hydrogens (tertiary/aromatic N) is 2. The summed E-state index contributed by atoms with van der Waals surface area (Å²) in [6, 6.07) is -2.56. The van der Waals surface area contributed by atoms with Crippen molar-refractivity contribution in [3.8, 4) is 0 Å². The van der Waals surface area contributed by atoms with E-state index >= 15 is 0 Å². The number of hydrogen-bond acceptors (Lipinski definition) is 3. The van der Waals surface area contributed by atoms with E-state index in [9.17, 15) is 13.2 Å². The molecule has 3 atom stereocenters. The molecule has 1 saturated heterocycles. The van der Waals surface area contributed by atoms with Crippen LogP contribution in [0.4, 0.5) is 13.2 Å². The molecule has 0 spiro atoms. The van der Waals surface area contributed by atoms with E-state index in [2.05, 4.69) is 4.90 Å². The van der Waals surface area contributed by atoms with Crippen LogP contribution in [-0.4, -0.2) is 60.8 Å². The molecule has 1 fully saturated rings. The average Bonchev–Trinajstić information content (AvgIpc) is 2.26. The minimum atomic E-state index is -4.26. The van der Waals surface area contributed by atoms with Crippen LogP contribution in [0.3, 0.4) is 0 Å². The Kier molecular flexibility index (Phi) is 4.80. The Labute approximate surface area is 101 Å². The van der Waals surface area contributed by atoms with E-state index in [1.807, 2.05) is 14.0 Å². The molecule has 1 aliphatic rings. The number of alkyl halides is 3. The van der Waals surface area contributed by atoms with Gasteiger partial charge in [-0.25, -0.2) is 0 Å². The van der Waals surface area contributed by atoms with E-state index in [0.29, 0.717) is 13.1 Å². The monoisotopic (exact) mass is 253 g/mol. The Balaban J connectivity index is 2.86. The third-order valence-electron chi connectivity index (χ3n) is 3.29. The van der Waals surface area contributed by atoms with Crippen molar-refractivity contribution in [2.24, 2.45) is 5.73 Å². The summed E-state index contributed by atoms with van der Waals surface area (Å²) < 4.78 is 39.1. The second kappa shape index (κ2) is 5.54. The van der Waals surface area contributed by atoms with Crippen LogP contribution in [0.2, 0.25) is 0 Å². The lowest BCUT2D eigenvalue weighted by molar-refractivity contribution is -0.193. The lowest BCUT2D eigenvalue weighted by Crippen LogP contribution is -2.58. The fourth-order valence-corrected chi connectivity index (χ4v) is 2.59. The van der Waals surface area contributed by atoms with E-state index in [4.69, 9.17) is 5.73 Å². The topological polar surface area (TPSA) is 32.5 Å². The van der Waals surface area contributed by atoms with Crippen molar-refractivity contribution >= 4 is 0 Å². The zero-order chi connectivity index (χ0) is 13.2. The van der Waals surface area contributed by atoms with Crippen molar-refractivity contribution < 1.29 is 13.2 Å². The molecule has 0 amide bonds. The number of likely N-dealkylation sites (N-methyl/N-ethyl adjacent to an activating group) is 1. The first kappa shape index (κ1) is 14.7. The van der Waals surface area contributed by atoms with Crippen molar-refractivity contribution in [2.75, 3.05) is 26.7 Å². The molecule has 0 bridgehead atoms. The smallest absolute Gasteiger partial charge is 0.326 e. The first-order valence-electron chi connectivity index (χ1n) is 6.00. The Hall–Kier alpha value is -0.330. The van der Waals surface area contributed by atoms with Gasteiger partial charge in [-0.3, -0.25) is 4.90 Å². The van der Waals surface area contributed by atoms with Gasteiger partial charge in [-0.05, 0) is 33.9 Å². The first-order valence-corrected chi connectivity index (χ1v) is 6.00. The molecule has 17 heavy (non-hydrogen) atoms. The first-order chi connectivity index (χ1) is 7.73. The summed E-state index contributed by atoms with van der Waals surface area (Å²) in [6.45, 7) is 5.21. The van der Waals surface area contributed by atoms with Gasteiger partial charge >= 0.3 is 6.18 Å². The van der Waals surface area contributed by atoms with Crippen molar-refractivity contribution in [2.45, 2.75) is 44.6 Å². The summed E-state index contributed by atoms with van der Waals surface area (Å²) in [5.74, 6) is 0. The number of hydrogen-bond donors (Lipinski definition) is 1. The highest BCUT2D eigenvalue weighted by atomic mass is 19.4. The molecule has 0 saturated carbocycles. The molecule has 0 aromatic heterocycles. The van der Waals surface area contributed by atoms with Crippen LogP contribution in [0.1, 0.15) is 20.3 Å². The number of rotatable bonds is 2. The molecule has 3 unspecified atom stereocenters. The summed E-state index contributed by atoms with van der Waals surface area (Å²) in [6.07, 6.45) is -3.51. The van der Waals surface area contributed by atoms with Gasteiger partial charge in [-0.1, -0.05) is 0 Å². The summed E-state index contributed by atoms with van der Waals surface area (Å²) >= 11 is 0. The summed E-state index contributed by atoms with van der Waals surface area (Å²) in [4.78, 5) is 3.58. The molecule has 0 aliphatic carbocycles. The lowest BCUT2D eigenvalue weighted by Gasteiger charge is -2.38. The fourth-order valence-electron chi connectivity index (χ4n) is 2.59. The molecular weight excluding hydrogens is 231 g/mol. The van der Waals surface area contributed by atoms with Crippen LogP contribution in [0.5, 0.6) is 0 Å². The van der Waals surface area contributed by atoms with Gasteiger partial charge in [0.25, 0.3) is 0 Å². The SMILES string of the molecule is CC(N)C(N1CCCN(C)CC1C)C(F)(F)F. The minimum absolute atomic E-state index is 0.125. The van der Waals surface area contributed by atoms with Gasteiger partial charge in [0.05, 0.1) is 0 Å². The quantitative estimate of drug-likeness (QED) is 0.805. The van der Waals surface area contributed by atoms with E-state index in [0.717, 1.165) is 13.0 Å². The van der Waals surface area contributed by atoms with Crippen molar-refractivity contribution in [1.29, 1.82) is 0 Å². The van der Waals surface area contributed by atoms with Gasteiger partial charge in [-0.2, -0.15) is 13.2 Å². The van der Waals surface area contributed by atoms with Gasteiger partial charge in [0.15, 0.2) is 0 Å². The van der Waals surface area contributed by atoms with E-state index in [1.165, 1.54) is 11.8 Å². The van der Waals surface area contributed by atoms with Crippen molar-refractivity contribution in [1.82, 2.24) is 9.80 Å². The zero-order valence-electron chi connectivity index (χ0n) is 10.7. The Morgan fingerprint density at radius 2 is 1.88 bits per heavy atom. The molecule has 2 N–H and O–H groups in total. The molecule has 1 aliphatic heterocycles. The van der Waals surface area contributed by atoms with Crippen molar-refractivity contribution in [3.63, 3.8) is 0 Å². The Bertz CT molecular complexity index is 243. The van der Waals surface area contributed by atoms with Gasteiger partial charge in [0.1, 0.15) is 6.04 Å². The highest BCUT2D eigenvalue weighted by molar-refractivity contribution is 4.90. The van der Waals surface area contributed by atoms with Crippen LogP contribution < -0.4 is 5.73 Å². The normalized spacial score (nSPS) is 28.8. The molecular formula is C11H22F3N3. The molecule has 0 aromatic carbocycles. The van der Waals surface area contributed by atoms with Gasteiger partial charge < -0.3 is 10.6 Å². The maximum Gasteiger partial charge on any atom is 0.405 e. The largest absolute Gasteiger partial charge is 0.405 e. The Morgan fingerprint density at radius 1 is 1.29 bits per heavy atom. The number of halogens is 3. The van der Waals surface area contributed by atoms with Crippen LogP contribution in [0.25, 0.3) is 0 Å². The molecule has 1 rings (SSSR count). The molecule has 102 valence electrons. The fraction of sp³-hybridized carbons (Fsp3) is 1.00. The standard InChI is InChI=1S/C11H22F3N3/c1-8-7-16(3)5-4-6-17(8)10(9(2)15)11(12,13)14/h8-10H,4-7,15H2,1-3H3. The van der Waals surface area contributed by atoms with Gasteiger partial charge in [0.2, 0.25) is 0 Å². The lowest BCUT2D eigenvalue weighted by atomic mass is 10.1. The predicted molar refractivity (Wildman–Crippen MR) is 61.8 cm³/mol. The van der Waals surface area contributed by atoms with Crippen molar-refractivity contribution in [3.05, 3.63) is 0 Å². The second-order valence-electron chi connectivity index (χ2n) is 5.05. The average molecular weight is 253 g/mol. The highest BCUT2D eigenvalue weighted by Crippen LogP contribution is 2.29. The second-order valence-corrected chi connectivity index (χ2v) is 5.05. The van der Waals surface area contributed by atoms with E-state index < -0.39 is 18.3 Å². The minimum Gasteiger partial charge on any atom is -0.326 e. The molecule has 6 heteroatoms. The molecule has 3 nitrogen and oxygen atoms in total.